The number of anilines is 3. The molecule has 0 fully saturated rings. The molecule has 1 aromatic heterocycles. The van der Waals surface area contributed by atoms with Crippen molar-refractivity contribution in [1.82, 2.24) is 0 Å². The van der Waals surface area contributed by atoms with Crippen LogP contribution in [0.2, 0.25) is 0 Å². The number of aryl methyl sites for hydroxylation is 1. The highest BCUT2D eigenvalue weighted by Gasteiger charge is 2.31. The molecule has 3 N–H and O–H groups in total. The van der Waals surface area contributed by atoms with Crippen molar-refractivity contribution in [2.45, 2.75) is 16.7 Å². The molecular formula is C25H22N2O4S2. The Labute approximate surface area is 196 Å². The van der Waals surface area contributed by atoms with Gasteiger partial charge in [-0.1, -0.05) is 48.0 Å². The van der Waals surface area contributed by atoms with Gasteiger partial charge in [-0.3, -0.25) is 4.79 Å². The summed E-state index contributed by atoms with van der Waals surface area (Å²) in [5.41, 5.74) is 8.46. The second-order valence-corrected chi connectivity index (χ2v) is 10.3. The van der Waals surface area contributed by atoms with E-state index in [0.717, 1.165) is 16.9 Å². The molecule has 1 heterocycles. The van der Waals surface area contributed by atoms with Crippen molar-refractivity contribution in [3.8, 4) is 5.75 Å². The van der Waals surface area contributed by atoms with Gasteiger partial charge >= 0.3 is 0 Å². The maximum atomic E-state index is 13.6. The second-order valence-electron chi connectivity index (χ2n) is 7.37. The summed E-state index contributed by atoms with van der Waals surface area (Å²) in [4.78, 5) is 13.3. The molecular weight excluding hydrogens is 456 g/mol. The van der Waals surface area contributed by atoms with E-state index < -0.39 is 9.84 Å². The average molecular weight is 479 g/mol. The summed E-state index contributed by atoms with van der Waals surface area (Å²) < 4.78 is 32.4. The first-order chi connectivity index (χ1) is 15.8. The third kappa shape index (κ3) is 4.48. The van der Waals surface area contributed by atoms with Crippen molar-refractivity contribution in [3.05, 3.63) is 94.9 Å². The molecule has 0 saturated carbocycles. The lowest BCUT2D eigenvalue weighted by Gasteiger charge is -2.10. The number of nitrogen functional groups attached to an aromatic ring is 1. The zero-order valence-corrected chi connectivity index (χ0v) is 19.7. The van der Waals surface area contributed by atoms with Crippen molar-refractivity contribution in [2.75, 3.05) is 18.2 Å². The van der Waals surface area contributed by atoms with Crippen LogP contribution < -0.4 is 15.8 Å². The fraction of sp³-hybridized carbons (Fsp3) is 0.0800. The fourth-order valence-corrected chi connectivity index (χ4v) is 6.24. The fourth-order valence-electron chi connectivity index (χ4n) is 3.31. The Morgan fingerprint density at radius 2 is 1.58 bits per heavy atom. The molecule has 0 unspecified atom stereocenters. The minimum atomic E-state index is -4.03. The van der Waals surface area contributed by atoms with Crippen LogP contribution in [0.25, 0.3) is 0 Å². The molecule has 0 aliphatic heterocycles. The zero-order chi connectivity index (χ0) is 23.6. The molecule has 3 aromatic carbocycles. The topological polar surface area (TPSA) is 98.5 Å². The average Bonchev–Trinajstić information content (AvgIpc) is 3.16. The minimum Gasteiger partial charge on any atom is -0.497 e. The van der Waals surface area contributed by atoms with E-state index in [0.29, 0.717) is 17.0 Å². The highest BCUT2D eigenvalue weighted by atomic mass is 32.2. The Hall–Kier alpha value is -3.62. The first-order valence-electron chi connectivity index (χ1n) is 10.1. The largest absolute Gasteiger partial charge is 0.497 e. The first kappa shape index (κ1) is 22.6. The molecule has 168 valence electrons. The number of hydrogen-bond acceptors (Lipinski definition) is 7. The van der Waals surface area contributed by atoms with E-state index in [-0.39, 0.29) is 31.1 Å². The van der Waals surface area contributed by atoms with Gasteiger partial charge in [-0.25, -0.2) is 8.42 Å². The van der Waals surface area contributed by atoms with Gasteiger partial charge in [-0.2, -0.15) is 0 Å². The van der Waals surface area contributed by atoms with E-state index in [1.807, 2.05) is 31.2 Å². The van der Waals surface area contributed by atoms with E-state index in [9.17, 15) is 13.2 Å². The van der Waals surface area contributed by atoms with Crippen molar-refractivity contribution in [1.29, 1.82) is 0 Å². The third-order valence-electron chi connectivity index (χ3n) is 5.09. The second kappa shape index (κ2) is 9.09. The molecule has 0 atom stereocenters. The molecule has 8 heteroatoms. The predicted molar refractivity (Wildman–Crippen MR) is 132 cm³/mol. The van der Waals surface area contributed by atoms with Crippen LogP contribution in [0.4, 0.5) is 16.4 Å². The molecule has 0 amide bonds. The van der Waals surface area contributed by atoms with Gasteiger partial charge in [0.15, 0.2) is 0 Å². The van der Waals surface area contributed by atoms with Gasteiger partial charge in [0.25, 0.3) is 0 Å². The summed E-state index contributed by atoms with van der Waals surface area (Å²) in [6.45, 7) is 1.96. The van der Waals surface area contributed by atoms with E-state index in [1.165, 1.54) is 19.2 Å². The number of nitrogens with one attached hydrogen (secondary N) is 1. The number of ether oxygens (including phenoxy) is 1. The summed E-state index contributed by atoms with van der Waals surface area (Å²) in [7, 11) is -2.53. The van der Waals surface area contributed by atoms with Gasteiger partial charge in [0.05, 0.1) is 17.7 Å². The smallest absolute Gasteiger partial charge is 0.211 e. The Kier molecular flexibility index (Phi) is 6.22. The third-order valence-corrected chi connectivity index (χ3v) is 8.19. The normalized spacial score (nSPS) is 11.2. The molecule has 4 aromatic rings. The number of carbonyl (C=O) groups excluding carboxylic acids is 1. The van der Waals surface area contributed by atoms with Crippen LogP contribution in [0.15, 0.2) is 88.7 Å². The maximum absolute atomic E-state index is 13.6. The van der Waals surface area contributed by atoms with Crippen molar-refractivity contribution in [2.24, 2.45) is 0 Å². The lowest BCUT2D eigenvalue weighted by Crippen LogP contribution is -2.08. The Bertz CT molecular complexity index is 1390. The van der Waals surface area contributed by atoms with E-state index in [2.05, 4.69) is 5.32 Å². The Morgan fingerprint density at radius 3 is 2.18 bits per heavy atom. The number of benzene rings is 3. The molecule has 0 aliphatic rings. The quantitative estimate of drug-likeness (QED) is 0.343. The summed E-state index contributed by atoms with van der Waals surface area (Å²) >= 11 is 1.03. The highest BCUT2D eigenvalue weighted by molar-refractivity contribution is 7.92. The SMILES string of the molecule is COc1ccc(S(=O)(=O)c2c(Nc3ccc(C)cc3)sc(C(=O)c3ccccc3)c2N)cc1. The number of nitrogens with two attached hydrogens (primary N) is 1. The summed E-state index contributed by atoms with van der Waals surface area (Å²) in [5.74, 6) is 0.200. The zero-order valence-electron chi connectivity index (χ0n) is 18.0. The monoisotopic (exact) mass is 478 g/mol. The van der Waals surface area contributed by atoms with Crippen LogP contribution in [-0.2, 0) is 9.84 Å². The summed E-state index contributed by atoms with van der Waals surface area (Å²) in [6, 6.07) is 22.2. The molecule has 4 rings (SSSR count). The lowest BCUT2D eigenvalue weighted by atomic mass is 10.1. The Balaban J connectivity index is 1.86. The molecule has 0 radical (unpaired) electrons. The van der Waals surface area contributed by atoms with E-state index in [1.54, 1.807) is 42.5 Å². The maximum Gasteiger partial charge on any atom is 0.211 e. The van der Waals surface area contributed by atoms with Gasteiger partial charge in [0.2, 0.25) is 15.6 Å². The molecule has 0 spiro atoms. The van der Waals surface area contributed by atoms with Gasteiger partial charge in [-0.05, 0) is 43.3 Å². The van der Waals surface area contributed by atoms with E-state index >= 15 is 0 Å². The van der Waals surface area contributed by atoms with Crippen LogP contribution in [0.1, 0.15) is 20.8 Å². The van der Waals surface area contributed by atoms with Crippen LogP contribution >= 0.6 is 11.3 Å². The number of sulfone groups is 1. The molecule has 0 saturated heterocycles. The van der Waals surface area contributed by atoms with E-state index in [4.69, 9.17) is 10.5 Å². The summed E-state index contributed by atoms with van der Waals surface area (Å²) in [5, 5.41) is 3.43. The molecule has 0 bridgehead atoms. The van der Waals surface area contributed by atoms with Crippen molar-refractivity contribution in [3.63, 3.8) is 0 Å². The van der Waals surface area contributed by atoms with Gasteiger partial charge < -0.3 is 15.8 Å². The number of rotatable bonds is 7. The van der Waals surface area contributed by atoms with Gasteiger partial charge in [-0.15, -0.1) is 11.3 Å². The standard InChI is InChI=1S/C25H22N2O4S2/c1-16-8-10-18(11-9-16)27-25-24(33(29,30)20-14-12-19(31-2)13-15-20)21(26)23(32-25)22(28)17-6-4-3-5-7-17/h3-15,27H,26H2,1-2H3. The number of thiophene rings is 1. The molecule has 0 aliphatic carbocycles. The number of ketones is 1. The lowest BCUT2D eigenvalue weighted by molar-refractivity contribution is 0.104. The van der Waals surface area contributed by atoms with Crippen LogP contribution in [0.3, 0.4) is 0 Å². The number of carbonyl (C=O) groups is 1. The van der Waals surface area contributed by atoms with Crippen LogP contribution in [-0.4, -0.2) is 21.3 Å². The molecule has 6 nitrogen and oxygen atoms in total. The summed E-state index contributed by atoms with van der Waals surface area (Å²) in [6.07, 6.45) is 0. The van der Waals surface area contributed by atoms with Crippen molar-refractivity contribution >= 4 is 43.3 Å². The van der Waals surface area contributed by atoms with Crippen LogP contribution in [0.5, 0.6) is 5.75 Å². The van der Waals surface area contributed by atoms with Crippen molar-refractivity contribution < 1.29 is 17.9 Å². The Morgan fingerprint density at radius 1 is 0.939 bits per heavy atom. The van der Waals surface area contributed by atoms with Gasteiger partial charge in [0, 0.05) is 11.3 Å². The minimum absolute atomic E-state index is 0.0541. The first-order valence-corrected chi connectivity index (χ1v) is 12.4. The number of hydrogen-bond donors (Lipinski definition) is 2. The molecule has 33 heavy (non-hydrogen) atoms. The predicted octanol–water partition coefficient (Wildman–Crippen LogP) is 5.45. The highest BCUT2D eigenvalue weighted by Crippen LogP contribution is 2.44. The van der Waals surface area contributed by atoms with Gasteiger partial charge in [0.1, 0.15) is 20.5 Å². The number of methoxy groups -OCH3 is 1. The van der Waals surface area contributed by atoms with Crippen LogP contribution in [0, 0.1) is 6.92 Å².